The van der Waals surface area contributed by atoms with Gasteiger partial charge in [-0.3, -0.25) is 9.59 Å². The lowest BCUT2D eigenvalue weighted by Gasteiger charge is -2.25. The summed E-state index contributed by atoms with van der Waals surface area (Å²) in [6.45, 7) is 4.68. The van der Waals surface area contributed by atoms with Crippen LogP contribution in [0.4, 0.5) is 0 Å². The molecule has 7 nitrogen and oxygen atoms in total. The van der Waals surface area contributed by atoms with Gasteiger partial charge < -0.3 is 20.1 Å². The first-order chi connectivity index (χ1) is 14.9. The van der Waals surface area contributed by atoms with Gasteiger partial charge in [0.25, 0.3) is 5.91 Å². The third-order valence-electron chi connectivity index (χ3n) is 4.27. The lowest BCUT2D eigenvalue weighted by atomic mass is 10.0. The molecule has 168 valence electrons. The van der Waals surface area contributed by atoms with E-state index in [4.69, 9.17) is 4.74 Å². The van der Waals surface area contributed by atoms with Gasteiger partial charge >= 0.3 is 11.9 Å². The Hall–Kier alpha value is -3.19. The fourth-order valence-corrected chi connectivity index (χ4v) is 2.81. The fraction of sp³-hybridized carbons (Fsp3) is 0.375. The lowest BCUT2D eigenvalue weighted by Crippen LogP contribution is -2.43. The Morgan fingerprint density at radius 1 is 0.968 bits per heavy atom. The topological polar surface area (TPSA) is 95.9 Å². The highest BCUT2D eigenvalue weighted by Crippen LogP contribution is 2.21. The summed E-state index contributed by atoms with van der Waals surface area (Å²) in [5.41, 5.74) is 0.917. The van der Waals surface area contributed by atoms with Crippen LogP contribution in [0.25, 0.3) is 0 Å². The first-order valence-corrected chi connectivity index (χ1v) is 10.4. The van der Waals surface area contributed by atoms with Crippen molar-refractivity contribution in [3.05, 3.63) is 71.8 Å². The Morgan fingerprint density at radius 3 is 2.03 bits per heavy atom. The average molecular weight is 429 g/mol. The molecule has 0 radical (unpaired) electrons. The van der Waals surface area contributed by atoms with Crippen molar-refractivity contribution in [2.75, 3.05) is 20.6 Å². The van der Waals surface area contributed by atoms with Crippen LogP contribution >= 0.6 is 0 Å². The number of esters is 1. The number of nitrogens with one attached hydrogen (secondary N) is 1. The zero-order chi connectivity index (χ0) is 23.2. The first kappa shape index (κ1) is 25.8. The Kier molecular flexibility index (Phi) is 11.6. The molecule has 2 aromatic rings. The summed E-state index contributed by atoms with van der Waals surface area (Å²) in [4.78, 5) is 38.7. The third-order valence-corrected chi connectivity index (χ3v) is 4.27. The van der Waals surface area contributed by atoms with Crippen LogP contribution in [0.15, 0.2) is 60.7 Å². The van der Waals surface area contributed by atoms with Crippen molar-refractivity contribution in [3.63, 3.8) is 0 Å². The van der Waals surface area contributed by atoms with Crippen molar-refractivity contribution in [3.8, 4) is 0 Å². The van der Waals surface area contributed by atoms with Crippen molar-refractivity contribution in [2.45, 2.75) is 38.8 Å². The first-order valence-electron chi connectivity index (χ1n) is 10.4. The van der Waals surface area contributed by atoms with E-state index in [0.29, 0.717) is 24.1 Å². The molecule has 0 saturated carbocycles. The molecular weight excluding hydrogens is 396 g/mol. The van der Waals surface area contributed by atoms with Crippen LogP contribution in [0.1, 0.15) is 48.7 Å². The van der Waals surface area contributed by atoms with Gasteiger partial charge in [0.05, 0.1) is 0 Å². The standard InChI is InChI=1S/C22H26N2O5.C2H6/c1-24(2)15-9-14-18(25)29-20(22(27)28)19(16-10-5-3-6-11-16)23-21(26)17-12-7-4-8-13-17;1-2/h3-8,10-13,19-20H,9,14-15H2,1-2H3,(H,23,26)(H,27,28);1-2H3/t19-,20+;/m0./s1. The summed E-state index contributed by atoms with van der Waals surface area (Å²) in [6, 6.07) is 16.0. The van der Waals surface area contributed by atoms with E-state index < -0.39 is 30.0 Å². The van der Waals surface area contributed by atoms with Gasteiger partial charge in [-0.1, -0.05) is 62.4 Å². The number of nitrogens with zero attached hydrogens (tertiary/aromatic N) is 1. The number of ether oxygens (including phenoxy) is 1. The van der Waals surface area contributed by atoms with E-state index in [2.05, 4.69) is 5.32 Å². The highest BCUT2D eigenvalue weighted by molar-refractivity contribution is 5.95. The highest BCUT2D eigenvalue weighted by Gasteiger charge is 2.34. The number of benzene rings is 2. The van der Waals surface area contributed by atoms with E-state index >= 15 is 0 Å². The van der Waals surface area contributed by atoms with Crippen LogP contribution in [0.3, 0.4) is 0 Å². The molecule has 2 rings (SSSR count). The van der Waals surface area contributed by atoms with Gasteiger partial charge in [0.15, 0.2) is 0 Å². The summed E-state index contributed by atoms with van der Waals surface area (Å²) in [5.74, 6) is -2.39. The maximum absolute atomic E-state index is 12.6. The smallest absolute Gasteiger partial charge is 0.347 e. The molecule has 0 aliphatic rings. The molecule has 0 aromatic heterocycles. The van der Waals surface area contributed by atoms with Crippen LogP contribution in [-0.4, -0.2) is 54.6 Å². The number of hydrogen-bond acceptors (Lipinski definition) is 5. The Balaban J connectivity index is 0.00000233. The molecule has 0 heterocycles. The molecule has 0 aliphatic heterocycles. The van der Waals surface area contributed by atoms with Crippen LogP contribution in [-0.2, 0) is 14.3 Å². The number of rotatable bonds is 10. The van der Waals surface area contributed by atoms with Gasteiger partial charge in [-0.2, -0.15) is 0 Å². The van der Waals surface area contributed by atoms with Crippen molar-refractivity contribution < 1.29 is 24.2 Å². The average Bonchev–Trinajstić information content (AvgIpc) is 2.78. The summed E-state index contributed by atoms with van der Waals surface area (Å²) in [6.07, 6.45) is -0.905. The van der Waals surface area contributed by atoms with E-state index in [1.54, 1.807) is 60.7 Å². The van der Waals surface area contributed by atoms with Gasteiger partial charge in [-0.25, -0.2) is 4.79 Å². The van der Waals surface area contributed by atoms with Crippen molar-refractivity contribution in [1.82, 2.24) is 10.2 Å². The molecule has 2 N–H and O–H groups in total. The van der Waals surface area contributed by atoms with Gasteiger partial charge in [0.1, 0.15) is 6.04 Å². The van der Waals surface area contributed by atoms with Crippen molar-refractivity contribution in [1.29, 1.82) is 0 Å². The maximum Gasteiger partial charge on any atom is 0.347 e. The minimum atomic E-state index is -1.54. The van der Waals surface area contributed by atoms with Crippen molar-refractivity contribution in [2.24, 2.45) is 0 Å². The lowest BCUT2D eigenvalue weighted by molar-refractivity contribution is -0.166. The number of hydrogen-bond donors (Lipinski definition) is 2. The molecule has 0 fully saturated rings. The zero-order valence-electron chi connectivity index (χ0n) is 18.6. The highest BCUT2D eigenvalue weighted by atomic mass is 16.6. The zero-order valence-corrected chi connectivity index (χ0v) is 18.6. The molecule has 0 spiro atoms. The Bertz CT molecular complexity index is 809. The second-order valence-corrected chi connectivity index (χ2v) is 6.88. The quantitative estimate of drug-likeness (QED) is 0.562. The normalized spacial score (nSPS) is 12.2. The molecule has 0 saturated heterocycles. The van der Waals surface area contributed by atoms with E-state index in [1.165, 1.54) is 0 Å². The van der Waals surface area contributed by atoms with Crippen LogP contribution < -0.4 is 5.32 Å². The molecule has 7 heteroatoms. The van der Waals surface area contributed by atoms with Gasteiger partial charge in [0.2, 0.25) is 6.10 Å². The molecule has 0 aliphatic carbocycles. The molecule has 2 aromatic carbocycles. The predicted molar refractivity (Wildman–Crippen MR) is 120 cm³/mol. The van der Waals surface area contributed by atoms with E-state index in [0.717, 1.165) is 0 Å². The van der Waals surface area contributed by atoms with Gasteiger partial charge in [-0.05, 0) is 44.8 Å². The number of carboxylic acid groups (broad SMARTS) is 1. The molecule has 0 bridgehead atoms. The summed E-state index contributed by atoms with van der Waals surface area (Å²) >= 11 is 0. The number of carbonyl (C=O) groups excluding carboxylic acids is 2. The second kappa shape index (κ2) is 13.9. The van der Waals surface area contributed by atoms with Crippen molar-refractivity contribution >= 4 is 17.8 Å². The maximum atomic E-state index is 12.6. The molecule has 31 heavy (non-hydrogen) atoms. The largest absolute Gasteiger partial charge is 0.478 e. The summed E-state index contributed by atoms with van der Waals surface area (Å²) < 4.78 is 5.28. The van der Waals surface area contributed by atoms with Crippen LogP contribution in [0.2, 0.25) is 0 Å². The van der Waals surface area contributed by atoms with E-state index in [-0.39, 0.29) is 6.42 Å². The number of carbonyl (C=O) groups is 3. The molecular formula is C24H32N2O5. The van der Waals surface area contributed by atoms with E-state index in [1.807, 2.05) is 32.8 Å². The van der Waals surface area contributed by atoms with Gasteiger partial charge in [-0.15, -0.1) is 0 Å². The number of amides is 1. The Labute approximate surface area is 184 Å². The number of aliphatic carboxylic acids is 1. The predicted octanol–water partition coefficient (Wildman–Crippen LogP) is 3.52. The number of carboxylic acids is 1. The Morgan fingerprint density at radius 2 is 1.52 bits per heavy atom. The second-order valence-electron chi connectivity index (χ2n) is 6.88. The van der Waals surface area contributed by atoms with E-state index in [9.17, 15) is 19.5 Å². The third kappa shape index (κ3) is 9.00. The van der Waals surface area contributed by atoms with Crippen LogP contribution in [0.5, 0.6) is 0 Å². The fourth-order valence-electron chi connectivity index (χ4n) is 2.81. The summed E-state index contributed by atoms with van der Waals surface area (Å²) in [5, 5.41) is 12.4. The molecule has 2 atom stereocenters. The summed E-state index contributed by atoms with van der Waals surface area (Å²) in [7, 11) is 3.77. The monoisotopic (exact) mass is 428 g/mol. The molecule has 1 amide bonds. The van der Waals surface area contributed by atoms with Crippen LogP contribution in [0, 0.1) is 0 Å². The SMILES string of the molecule is CC.CN(C)CCCC(=O)O[C@@H](C(=O)O)[C@@H](NC(=O)c1ccccc1)c1ccccc1. The minimum Gasteiger partial charge on any atom is -0.478 e. The molecule has 0 unspecified atom stereocenters. The minimum absolute atomic E-state index is 0.0934. The van der Waals surface area contributed by atoms with Gasteiger partial charge in [0, 0.05) is 12.0 Å².